The molecule has 0 unspecified atom stereocenters. The smallest absolute Gasteiger partial charge is 0.303 e. The summed E-state index contributed by atoms with van der Waals surface area (Å²) in [6.45, 7) is 12.6. The van der Waals surface area contributed by atoms with Crippen molar-refractivity contribution in [3.8, 4) is 0 Å². The Bertz CT molecular complexity index is 847. The largest absolute Gasteiger partial charge is 0.462 e. The lowest BCUT2D eigenvalue weighted by molar-refractivity contribution is -0.282. The van der Waals surface area contributed by atoms with E-state index in [4.69, 9.17) is 9.47 Å². The third-order valence-electron chi connectivity index (χ3n) is 9.03. The Morgan fingerprint density at radius 2 is 1.68 bits per heavy atom. The molecule has 2 bridgehead atoms. The average molecular weight is 435 g/mol. The molecule has 7 heteroatoms. The summed E-state index contributed by atoms with van der Waals surface area (Å²) in [4.78, 5) is 37.4. The molecule has 4 rings (SSSR count). The summed E-state index contributed by atoms with van der Waals surface area (Å²) in [6.07, 6.45) is -1.41. The maximum Gasteiger partial charge on any atom is 0.303 e. The Hall–Kier alpha value is -1.73. The molecule has 0 aliphatic heterocycles. The minimum atomic E-state index is -1.26. The van der Waals surface area contributed by atoms with Gasteiger partial charge in [-0.3, -0.25) is 14.4 Å². The fourth-order valence-electron chi connectivity index (χ4n) is 8.22. The first-order valence-electron chi connectivity index (χ1n) is 11.2. The second-order valence-corrected chi connectivity index (χ2v) is 11.0. The number of allylic oxidation sites excluding steroid dienone is 1. The Kier molecular flexibility index (Phi) is 4.99. The zero-order valence-electron chi connectivity index (χ0n) is 19.0. The van der Waals surface area contributed by atoms with Crippen molar-refractivity contribution in [2.45, 2.75) is 84.7 Å². The van der Waals surface area contributed by atoms with Crippen molar-refractivity contribution in [3.63, 3.8) is 0 Å². The fraction of sp³-hybridized carbons (Fsp3) is 0.792. The monoisotopic (exact) mass is 434 g/mol. The van der Waals surface area contributed by atoms with Crippen LogP contribution in [0.15, 0.2) is 12.2 Å². The highest BCUT2D eigenvalue weighted by Gasteiger charge is 2.76. The summed E-state index contributed by atoms with van der Waals surface area (Å²) in [5, 5.41) is 23.0. The Morgan fingerprint density at radius 1 is 1.06 bits per heavy atom. The molecule has 31 heavy (non-hydrogen) atoms. The van der Waals surface area contributed by atoms with Crippen LogP contribution < -0.4 is 0 Å². The van der Waals surface area contributed by atoms with Gasteiger partial charge < -0.3 is 19.7 Å². The molecule has 0 heterocycles. The number of esters is 2. The number of carbonyl (C=O) groups excluding carboxylic acids is 3. The molecule has 1 spiro atoms. The maximum atomic E-state index is 13.5. The second kappa shape index (κ2) is 6.88. The van der Waals surface area contributed by atoms with Gasteiger partial charge in [0.1, 0.15) is 18.3 Å². The lowest BCUT2D eigenvalue weighted by Crippen LogP contribution is -2.73. The normalized spacial score (nSPS) is 47.9. The van der Waals surface area contributed by atoms with Gasteiger partial charge in [0.25, 0.3) is 0 Å². The van der Waals surface area contributed by atoms with Crippen LogP contribution in [0.5, 0.6) is 0 Å². The van der Waals surface area contributed by atoms with Crippen molar-refractivity contribution >= 4 is 17.7 Å². The van der Waals surface area contributed by atoms with Gasteiger partial charge >= 0.3 is 11.9 Å². The van der Waals surface area contributed by atoms with Crippen LogP contribution in [-0.2, 0) is 23.9 Å². The summed E-state index contributed by atoms with van der Waals surface area (Å²) in [5.41, 5.74) is -2.02. The molecule has 4 aliphatic carbocycles. The number of aliphatic hydroxyl groups is 2. The van der Waals surface area contributed by atoms with Crippen molar-refractivity contribution in [2.75, 3.05) is 0 Å². The van der Waals surface area contributed by atoms with Gasteiger partial charge in [0, 0.05) is 31.1 Å². The van der Waals surface area contributed by atoms with Crippen LogP contribution >= 0.6 is 0 Å². The van der Waals surface area contributed by atoms with Gasteiger partial charge in [-0.15, -0.1) is 0 Å². The molecular formula is C24H34O7. The minimum Gasteiger partial charge on any atom is -0.462 e. The molecule has 0 aromatic carbocycles. The van der Waals surface area contributed by atoms with Gasteiger partial charge in [0.05, 0.1) is 11.5 Å². The van der Waals surface area contributed by atoms with Crippen molar-refractivity contribution in [1.29, 1.82) is 0 Å². The summed E-state index contributed by atoms with van der Waals surface area (Å²) in [6, 6.07) is 0. The summed E-state index contributed by atoms with van der Waals surface area (Å²) in [5.74, 6) is -2.21. The molecule has 4 saturated carbocycles. The van der Waals surface area contributed by atoms with Crippen LogP contribution in [-0.4, -0.2) is 52.4 Å². The van der Waals surface area contributed by atoms with Gasteiger partial charge in [-0.2, -0.15) is 0 Å². The molecule has 0 saturated heterocycles. The average Bonchev–Trinajstić information content (AvgIpc) is 2.83. The quantitative estimate of drug-likeness (QED) is 0.506. The van der Waals surface area contributed by atoms with E-state index in [9.17, 15) is 24.6 Å². The molecule has 2 N–H and O–H groups in total. The van der Waals surface area contributed by atoms with Gasteiger partial charge in [-0.05, 0) is 42.6 Å². The van der Waals surface area contributed by atoms with Gasteiger partial charge in [-0.25, -0.2) is 0 Å². The van der Waals surface area contributed by atoms with E-state index in [1.54, 1.807) is 0 Å². The molecule has 172 valence electrons. The zero-order valence-corrected chi connectivity index (χ0v) is 19.0. The molecule has 9 atom stereocenters. The standard InChI is InChI=1S/C24H34O7/c1-11-14-9-15(27)18-23(6)8-7-16(30-12(2)25)22(4,5)19(23)17(31-13(3)26)21(29)24(18,10-14)20(11)28/h14-19,21,27,29H,1,7-10H2,2-6H3/t14-,15+,16+,17-,18+,19-,21+,23+,24+/m1/s1. The first-order chi connectivity index (χ1) is 14.3. The molecule has 0 aromatic rings. The first-order valence-corrected chi connectivity index (χ1v) is 11.2. The van der Waals surface area contributed by atoms with E-state index < -0.39 is 58.5 Å². The number of ether oxygens (including phenoxy) is 2. The maximum absolute atomic E-state index is 13.5. The molecule has 0 aromatic heterocycles. The van der Waals surface area contributed by atoms with Crippen LogP contribution in [0.4, 0.5) is 0 Å². The molecule has 0 amide bonds. The van der Waals surface area contributed by atoms with E-state index in [0.717, 1.165) is 0 Å². The number of fused-ring (bicyclic) bond motifs is 3. The Balaban J connectivity index is 1.90. The Morgan fingerprint density at radius 3 is 2.26 bits per heavy atom. The molecule has 7 nitrogen and oxygen atoms in total. The van der Waals surface area contributed by atoms with Crippen molar-refractivity contribution in [3.05, 3.63) is 12.2 Å². The van der Waals surface area contributed by atoms with Crippen molar-refractivity contribution in [1.82, 2.24) is 0 Å². The van der Waals surface area contributed by atoms with E-state index in [2.05, 4.69) is 6.58 Å². The zero-order chi connectivity index (χ0) is 23.1. The van der Waals surface area contributed by atoms with E-state index in [0.29, 0.717) is 31.3 Å². The third-order valence-corrected chi connectivity index (χ3v) is 9.03. The number of rotatable bonds is 2. The number of ketones is 1. The molecule has 0 radical (unpaired) electrons. The van der Waals surface area contributed by atoms with Crippen molar-refractivity contribution < 1.29 is 34.1 Å². The first kappa shape index (κ1) is 22.5. The van der Waals surface area contributed by atoms with Crippen LogP contribution in [0.25, 0.3) is 0 Å². The van der Waals surface area contributed by atoms with E-state index >= 15 is 0 Å². The van der Waals surface area contributed by atoms with E-state index in [1.807, 2.05) is 20.8 Å². The highest BCUT2D eigenvalue weighted by Crippen LogP contribution is 2.71. The predicted molar refractivity (Wildman–Crippen MR) is 111 cm³/mol. The Labute approximate surface area is 183 Å². The number of aliphatic hydroxyl groups excluding tert-OH is 2. The number of hydrogen-bond donors (Lipinski definition) is 2. The van der Waals surface area contributed by atoms with Crippen molar-refractivity contribution in [2.24, 2.45) is 34.0 Å². The highest BCUT2D eigenvalue weighted by atomic mass is 16.6. The summed E-state index contributed by atoms with van der Waals surface area (Å²) in [7, 11) is 0. The molecular weight excluding hydrogens is 400 g/mol. The minimum absolute atomic E-state index is 0.170. The fourth-order valence-corrected chi connectivity index (χ4v) is 8.22. The highest BCUT2D eigenvalue weighted by molar-refractivity contribution is 6.03. The second-order valence-electron chi connectivity index (χ2n) is 11.0. The SMILES string of the molecule is C=C1C(=O)[C@]23C[C@H]1C[C@H](O)[C@H]2[C@]1(C)CC[C@H](OC(C)=O)C(C)(C)[C@H]1[C@@H](OC(C)=O)[C@@H]3O. The number of carbonyl (C=O) groups is 3. The van der Waals surface area contributed by atoms with Gasteiger partial charge in [0.15, 0.2) is 5.78 Å². The number of Topliss-reactive ketones (excluding diaryl/α,β-unsaturated/α-hetero) is 1. The topological polar surface area (TPSA) is 110 Å². The third kappa shape index (κ3) is 2.81. The van der Waals surface area contributed by atoms with E-state index in [1.165, 1.54) is 13.8 Å². The van der Waals surface area contributed by atoms with Crippen LogP contribution in [0.3, 0.4) is 0 Å². The van der Waals surface area contributed by atoms with Gasteiger partial charge in [-0.1, -0.05) is 27.4 Å². The lowest BCUT2D eigenvalue weighted by Gasteiger charge is -2.67. The summed E-state index contributed by atoms with van der Waals surface area (Å²) < 4.78 is 11.4. The van der Waals surface area contributed by atoms with Crippen LogP contribution in [0, 0.1) is 34.0 Å². The lowest BCUT2D eigenvalue weighted by atomic mass is 9.38. The van der Waals surface area contributed by atoms with Crippen LogP contribution in [0.2, 0.25) is 0 Å². The van der Waals surface area contributed by atoms with Gasteiger partial charge in [0.2, 0.25) is 0 Å². The number of hydrogen-bond acceptors (Lipinski definition) is 7. The van der Waals surface area contributed by atoms with E-state index in [-0.39, 0.29) is 17.7 Å². The van der Waals surface area contributed by atoms with Crippen LogP contribution in [0.1, 0.15) is 60.3 Å². The molecule has 4 fully saturated rings. The summed E-state index contributed by atoms with van der Waals surface area (Å²) >= 11 is 0. The molecule has 4 aliphatic rings. The predicted octanol–water partition coefficient (Wildman–Crippen LogP) is 2.18.